The number of aryl methyl sites for hydroxylation is 2. The van der Waals surface area contributed by atoms with Gasteiger partial charge in [0.15, 0.2) is 0 Å². The number of nitrogens with zero attached hydrogens (tertiary/aromatic N) is 2. The molecule has 1 aliphatic rings. The van der Waals surface area contributed by atoms with Crippen LogP contribution < -0.4 is 5.32 Å². The number of likely N-dealkylation sites (tertiary alicyclic amines) is 1. The molecule has 2 heterocycles. The zero-order chi connectivity index (χ0) is 16.2. The average molecular weight is 309 g/mol. The van der Waals surface area contributed by atoms with Crippen molar-refractivity contribution in [2.24, 2.45) is 0 Å². The van der Waals surface area contributed by atoms with E-state index >= 15 is 0 Å². The smallest absolute Gasteiger partial charge is 0.130 e. The minimum atomic E-state index is 0.684. The second-order valence-corrected chi connectivity index (χ2v) is 6.68. The number of benzene rings is 1. The summed E-state index contributed by atoms with van der Waals surface area (Å²) in [6, 6.07) is 11.0. The highest BCUT2D eigenvalue weighted by Crippen LogP contribution is 2.31. The summed E-state index contributed by atoms with van der Waals surface area (Å²) in [5.74, 6) is 1.60. The minimum absolute atomic E-state index is 0.684. The molecule has 1 aromatic heterocycles. The molecule has 1 aromatic carbocycles. The van der Waals surface area contributed by atoms with E-state index in [-0.39, 0.29) is 0 Å². The van der Waals surface area contributed by atoms with E-state index in [1.165, 1.54) is 49.2 Å². The first kappa shape index (κ1) is 16.0. The van der Waals surface area contributed by atoms with Gasteiger partial charge in [0.25, 0.3) is 0 Å². The second kappa shape index (κ2) is 7.14. The van der Waals surface area contributed by atoms with Crippen LogP contribution in [0.5, 0.6) is 0 Å². The Morgan fingerprint density at radius 2 is 1.87 bits per heavy atom. The van der Waals surface area contributed by atoms with Crippen LogP contribution in [0.2, 0.25) is 0 Å². The van der Waals surface area contributed by atoms with Crippen molar-refractivity contribution in [3.8, 4) is 0 Å². The molecule has 3 rings (SSSR count). The Hall–Kier alpha value is -1.87. The van der Waals surface area contributed by atoms with E-state index in [4.69, 9.17) is 0 Å². The molecule has 0 bridgehead atoms. The van der Waals surface area contributed by atoms with Gasteiger partial charge in [-0.25, -0.2) is 4.98 Å². The van der Waals surface area contributed by atoms with Gasteiger partial charge in [0.1, 0.15) is 5.82 Å². The van der Waals surface area contributed by atoms with Crippen molar-refractivity contribution in [2.45, 2.75) is 39.5 Å². The third kappa shape index (κ3) is 4.11. The normalized spacial score (nSPS) is 16.5. The number of nitrogens with one attached hydrogen (secondary N) is 1. The summed E-state index contributed by atoms with van der Waals surface area (Å²) in [4.78, 5) is 6.95. The zero-order valence-corrected chi connectivity index (χ0v) is 14.5. The molecule has 0 aliphatic carbocycles. The van der Waals surface area contributed by atoms with Crippen molar-refractivity contribution in [2.75, 3.05) is 25.0 Å². The SMILES string of the molecule is CCN1CCC(c2cc(C)cc(Nc3cc(C)ccn3)c2)CC1. The molecule has 23 heavy (non-hydrogen) atoms. The maximum Gasteiger partial charge on any atom is 0.130 e. The average Bonchev–Trinajstić information content (AvgIpc) is 2.54. The fourth-order valence-corrected chi connectivity index (χ4v) is 3.46. The Morgan fingerprint density at radius 1 is 1.09 bits per heavy atom. The third-order valence-corrected chi connectivity index (χ3v) is 4.79. The van der Waals surface area contributed by atoms with Crippen LogP contribution in [0.1, 0.15) is 42.4 Å². The van der Waals surface area contributed by atoms with Gasteiger partial charge in [0.2, 0.25) is 0 Å². The summed E-state index contributed by atoms with van der Waals surface area (Å²) in [5.41, 5.74) is 5.16. The second-order valence-electron chi connectivity index (χ2n) is 6.68. The van der Waals surface area contributed by atoms with E-state index in [1.807, 2.05) is 12.3 Å². The number of hydrogen-bond acceptors (Lipinski definition) is 3. The van der Waals surface area contributed by atoms with Crippen LogP contribution in [-0.4, -0.2) is 29.5 Å². The van der Waals surface area contributed by atoms with Crippen molar-refractivity contribution in [3.05, 3.63) is 53.2 Å². The van der Waals surface area contributed by atoms with Crippen molar-refractivity contribution < 1.29 is 0 Å². The van der Waals surface area contributed by atoms with Crippen LogP contribution in [0.4, 0.5) is 11.5 Å². The zero-order valence-electron chi connectivity index (χ0n) is 14.5. The monoisotopic (exact) mass is 309 g/mol. The standard InChI is InChI=1S/C20H27N3/c1-4-23-9-6-17(7-10-23)18-11-16(3)12-19(14-18)22-20-13-15(2)5-8-21-20/h5,8,11-14,17H,4,6-7,9-10H2,1-3H3,(H,21,22). The van der Waals surface area contributed by atoms with Crippen molar-refractivity contribution >= 4 is 11.5 Å². The van der Waals surface area contributed by atoms with E-state index in [9.17, 15) is 0 Å². The molecule has 0 saturated carbocycles. The van der Waals surface area contributed by atoms with Gasteiger partial charge in [-0.15, -0.1) is 0 Å². The van der Waals surface area contributed by atoms with Gasteiger partial charge in [0, 0.05) is 11.9 Å². The molecule has 3 heteroatoms. The predicted molar refractivity (Wildman–Crippen MR) is 97.5 cm³/mol. The van der Waals surface area contributed by atoms with Crippen molar-refractivity contribution in [1.82, 2.24) is 9.88 Å². The van der Waals surface area contributed by atoms with E-state index in [2.05, 4.69) is 60.2 Å². The topological polar surface area (TPSA) is 28.2 Å². The van der Waals surface area contributed by atoms with Crippen LogP contribution in [0.3, 0.4) is 0 Å². The van der Waals surface area contributed by atoms with Gasteiger partial charge in [-0.1, -0.05) is 13.0 Å². The molecule has 3 nitrogen and oxygen atoms in total. The van der Waals surface area contributed by atoms with Crippen LogP contribution in [-0.2, 0) is 0 Å². The molecule has 1 saturated heterocycles. The minimum Gasteiger partial charge on any atom is -0.340 e. The first-order valence-corrected chi connectivity index (χ1v) is 8.67. The Morgan fingerprint density at radius 3 is 2.57 bits per heavy atom. The summed E-state index contributed by atoms with van der Waals surface area (Å²) in [6.07, 6.45) is 4.38. The van der Waals surface area contributed by atoms with Gasteiger partial charge in [-0.3, -0.25) is 0 Å². The van der Waals surface area contributed by atoms with Crippen molar-refractivity contribution in [3.63, 3.8) is 0 Å². The van der Waals surface area contributed by atoms with E-state index < -0.39 is 0 Å². The van der Waals surface area contributed by atoms with Gasteiger partial charge in [-0.05, 0) is 93.2 Å². The Kier molecular flexibility index (Phi) is 4.97. The quantitative estimate of drug-likeness (QED) is 0.891. The molecular formula is C20H27N3. The molecule has 0 atom stereocenters. The molecule has 0 radical (unpaired) electrons. The lowest BCUT2D eigenvalue weighted by molar-refractivity contribution is 0.222. The Labute approximate surface area is 139 Å². The maximum absolute atomic E-state index is 4.41. The number of aromatic nitrogens is 1. The van der Waals surface area contributed by atoms with Gasteiger partial charge >= 0.3 is 0 Å². The molecule has 2 aromatic rings. The molecule has 0 unspecified atom stereocenters. The highest BCUT2D eigenvalue weighted by molar-refractivity contribution is 5.59. The lowest BCUT2D eigenvalue weighted by Gasteiger charge is -2.31. The molecule has 0 amide bonds. The van der Waals surface area contributed by atoms with Gasteiger partial charge in [0.05, 0.1) is 0 Å². The van der Waals surface area contributed by atoms with Crippen LogP contribution in [0.15, 0.2) is 36.5 Å². The van der Waals surface area contributed by atoms with Gasteiger partial charge in [-0.2, -0.15) is 0 Å². The molecule has 1 fully saturated rings. The fraction of sp³-hybridized carbons (Fsp3) is 0.450. The largest absolute Gasteiger partial charge is 0.340 e. The number of rotatable bonds is 4. The van der Waals surface area contributed by atoms with E-state index in [1.54, 1.807) is 0 Å². The fourth-order valence-electron chi connectivity index (χ4n) is 3.46. The van der Waals surface area contributed by atoms with E-state index in [0.717, 1.165) is 11.5 Å². The first-order chi connectivity index (χ1) is 11.1. The van der Waals surface area contributed by atoms with Crippen LogP contribution in [0.25, 0.3) is 0 Å². The van der Waals surface area contributed by atoms with Crippen molar-refractivity contribution in [1.29, 1.82) is 0 Å². The maximum atomic E-state index is 4.41. The summed E-state index contributed by atoms with van der Waals surface area (Å²) in [5, 5.41) is 3.46. The summed E-state index contributed by atoms with van der Waals surface area (Å²) < 4.78 is 0. The molecule has 1 N–H and O–H groups in total. The number of piperidine rings is 1. The number of pyridine rings is 1. The summed E-state index contributed by atoms with van der Waals surface area (Å²) in [7, 11) is 0. The summed E-state index contributed by atoms with van der Waals surface area (Å²) >= 11 is 0. The summed E-state index contributed by atoms with van der Waals surface area (Å²) in [6.45, 7) is 10.1. The number of hydrogen-bond donors (Lipinski definition) is 1. The lowest BCUT2D eigenvalue weighted by atomic mass is 9.88. The highest BCUT2D eigenvalue weighted by Gasteiger charge is 2.20. The van der Waals surface area contributed by atoms with Gasteiger partial charge < -0.3 is 10.2 Å². The van der Waals surface area contributed by atoms with E-state index in [0.29, 0.717) is 5.92 Å². The Balaban J connectivity index is 1.77. The molecular weight excluding hydrogens is 282 g/mol. The highest BCUT2D eigenvalue weighted by atomic mass is 15.1. The van der Waals surface area contributed by atoms with Crippen LogP contribution in [0, 0.1) is 13.8 Å². The number of anilines is 2. The van der Waals surface area contributed by atoms with Crippen LogP contribution >= 0.6 is 0 Å². The first-order valence-electron chi connectivity index (χ1n) is 8.67. The Bertz CT molecular complexity index is 658. The molecule has 1 aliphatic heterocycles. The third-order valence-electron chi connectivity index (χ3n) is 4.79. The lowest BCUT2D eigenvalue weighted by Crippen LogP contribution is -2.32. The molecule has 122 valence electrons. The predicted octanol–water partition coefficient (Wildman–Crippen LogP) is 4.64. The molecule has 0 spiro atoms.